The minimum absolute atomic E-state index is 0.521. The average molecular weight is 260 g/mol. The van der Waals surface area contributed by atoms with Crippen molar-refractivity contribution in [3.63, 3.8) is 0 Å². The summed E-state index contributed by atoms with van der Waals surface area (Å²) in [6.45, 7) is 7.43. The first-order valence-corrected chi connectivity index (χ1v) is 6.00. The molecule has 1 aromatic heterocycles. The van der Waals surface area contributed by atoms with Gasteiger partial charge in [-0.25, -0.2) is 9.97 Å². The molecular weight excluding hydrogens is 246 g/mol. The number of benzene rings is 1. The molecule has 0 fully saturated rings. The third kappa shape index (κ3) is 2.22. The van der Waals surface area contributed by atoms with Crippen molar-refractivity contribution < 1.29 is 0 Å². The molecule has 0 aliphatic rings. The summed E-state index contributed by atoms with van der Waals surface area (Å²) in [6.07, 6.45) is 4.83. The molecule has 0 saturated carbocycles. The van der Waals surface area contributed by atoms with Crippen LogP contribution in [0.1, 0.15) is 11.5 Å². The quantitative estimate of drug-likeness (QED) is 0.677. The standard InChI is InChI=1S/C14H14ClN3/c1-3-5-10-13-11(8-7-9(15)14(13)16)18-12(17-10)6-4-2/h3-4,7-8H,1-2,5-6,16H2. The maximum atomic E-state index is 6.04. The minimum atomic E-state index is 0.521. The Morgan fingerprint density at radius 1 is 1.17 bits per heavy atom. The van der Waals surface area contributed by atoms with E-state index in [2.05, 4.69) is 23.1 Å². The predicted molar refractivity (Wildman–Crippen MR) is 76.8 cm³/mol. The van der Waals surface area contributed by atoms with E-state index >= 15 is 0 Å². The number of nitrogens with two attached hydrogens (primary N) is 1. The molecule has 1 heterocycles. The Bertz CT molecular complexity index is 620. The van der Waals surface area contributed by atoms with Gasteiger partial charge in [-0.05, 0) is 12.1 Å². The molecule has 4 heteroatoms. The molecule has 0 saturated heterocycles. The molecule has 3 nitrogen and oxygen atoms in total. The SMILES string of the molecule is C=CCc1nc(CC=C)c2c(N)c(Cl)ccc2n1. The molecule has 0 amide bonds. The second-order valence-electron chi connectivity index (χ2n) is 3.93. The van der Waals surface area contributed by atoms with Crippen molar-refractivity contribution in [2.75, 3.05) is 5.73 Å². The summed E-state index contributed by atoms with van der Waals surface area (Å²) in [5.74, 6) is 0.732. The van der Waals surface area contributed by atoms with Crippen molar-refractivity contribution in [2.45, 2.75) is 12.8 Å². The molecule has 0 bridgehead atoms. The van der Waals surface area contributed by atoms with Crippen molar-refractivity contribution in [1.82, 2.24) is 9.97 Å². The van der Waals surface area contributed by atoms with E-state index in [0.717, 1.165) is 22.4 Å². The van der Waals surface area contributed by atoms with E-state index in [1.54, 1.807) is 18.2 Å². The highest BCUT2D eigenvalue weighted by Crippen LogP contribution is 2.30. The Kier molecular flexibility index (Phi) is 3.63. The van der Waals surface area contributed by atoms with Gasteiger partial charge in [0.1, 0.15) is 5.82 Å². The number of fused-ring (bicyclic) bond motifs is 1. The van der Waals surface area contributed by atoms with Gasteiger partial charge in [-0.1, -0.05) is 23.8 Å². The van der Waals surface area contributed by atoms with Gasteiger partial charge in [-0.2, -0.15) is 0 Å². The highest BCUT2D eigenvalue weighted by molar-refractivity contribution is 6.34. The number of hydrogen-bond acceptors (Lipinski definition) is 3. The van der Waals surface area contributed by atoms with Crippen molar-refractivity contribution in [1.29, 1.82) is 0 Å². The van der Waals surface area contributed by atoms with E-state index in [-0.39, 0.29) is 0 Å². The fourth-order valence-electron chi connectivity index (χ4n) is 1.86. The predicted octanol–water partition coefficient (Wildman–Crippen LogP) is 3.32. The highest BCUT2D eigenvalue weighted by atomic mass is 35.5. The minimum Gasteiger partial charge on any atom is -0.397 e. The van der Waals surface area contributed by atoms with Gasteiger partial charge in [0.2, 0.25) is 0 Å². The zero-order chi connectivity index (χ0) is 13.1. The van der Waals surface area contributed by atoms with Crippen LogP contribution in [-0.4, -0.2) is 9.97 Å². The molecule has 0 spiro atoms. The van der Waals surface area contributed by atoms with Crippen molar-refractivity contribution >= 4 is 28.2 Å². The number of nitrogens with zero attached hydrogens (tertiary/aromatic N) is 2. The lowest BCUT2D eigenvalue weighted by molar-refractivity contribution is 0.971. The Balaban J connectivity index is 2.76. The van der Waals surface area contributed by atoms with Crippen LogP contribution in [0, 0.1) is 0 Å². The normalized spacial score (nSPS) is 10.5. The number of allylic oxidation sites excluding steroid dienone is 2. The van der Waals surface area contributed by atoms with Crippen LogP contribution in [0.25, 0.3) is 10.9 Å². The van der Waals surface area contributed by atoms with Gasteiger partial charge in [0.15, 0.2) is 0 Å². The molecule has 1 aromatic carbocycles. The molecule has 2 rings (SSSR count). The lowest BCUT2D eigenvalue weighted by atomic mass is 10.1. The number of hydrogen-bond donors (Lipinski definition) is 1. The summed E-state index contributed by atoms with van der Waals surface area (Å²) >= 11 is 6.04. The Labute approximate surface area is 111 Å². The molecule has 2 aromatic rings. The summed E-state index contributed by atoms with van der Waals surface area (Å²) in [5, 5.41) is 1.34. The largest absolute Gasteiger partial charge is 0.397 e. The summed E-state index contributed by atoms with van der Waals surface area (Å²) in [7, 11) is 0. The number of nitrogen functional groups attached to an aromatic ring is 1. The van der Waals surface area contributed by atoms with Crippen molar-refractivity contribution in [3.05, 3.63) is 54.0 Å². The summed E-state index contributed by atoms with van der Waals surface area (Å²) in [4.78, 5) is 8.94. The van der Waals surface area contributed by atoms with Crippen LogP contribution in [-0.2, 0) is 12.8 Å². The second-order valence-corrected chi connectivity index (χ2v) is 4.33. The van der Waals surface area contributed by atoms with E-state index in [9.17, 15) is 0 Å². The third-order valence-corrected chi connectivity index (χ3v) is 2.97. The van der Waals surface area contributed by atoms with Crippen LogP contribution in [0.2, 0.25) is 5.02 Å². The fraction of sp³-hybridized carbons (Fsp3) is 0.143. The fourth-order valence-corrected chi connectivity index (χ4v) is 2.02. The molecule has 0 aliphatic heterocycles. The first-order valence-electron chi connectivity index (χ1n) is 5.62. The van der Waals surface area contributed by atoms with E-state index in [0.29, 0.717) is 23.6 Å². The van der Waals surface area contributed by atoms with E-state index in [1.165, 1.54) is 0 Å². The lowest BCUT2D eigenvalue weighted by Crippen LogP contribution is -2.02. The molecule has 18 heavy (non-hydrogen) atoms. The van der Waals surface area contributed by atoms with Gasteiger partial charge in [-0.15, -0.1) is 13.2 Å². The molecular formula is C14H14ClN3. The van der Waals surface area contributed by atoms with Gasteiger partial charge >= 0.3 is 0 Å². The summed E-state index contributed by atoms with van der Waals surface area (Å²) < 4.78 is 0. The maximum Gasteiger partial charge on any atom is 0.133 e. The first-order chi connectivity index (χ1) is 8.67. The molecule has 0 radical (unpaired) electrons. The van der Waals surface area contributed by atoms with Crippen molar-refractivity contribution in [3.8, 4) is 0 Å². The third-order valence-electron chi connectivity index (χ3n) is 2.64. The van der Waals surface area contributed by atoms with Gasteiger partial charge in [-0.3, -0.25) is 0 Å². The van der Waals surface area contributed by atoms with Crippen LogP contribution in [0.5, 0.6) is 0 Å². The summed E-state index contributed by atoms with van der Waals surface area (Å²) in [5.41, 5.74) is 8.19. The Hall–Kier alpha value is -1.87. The lowest BCUT2D eigenvalue weighted by Gasteiger charge is -2.09. The van der Waals surface area contributed by atoms with Crippen LogP contribution in [0.3, 0.4) is 0 Å². The monoisotopic (exact) mass is 259 g/mol. The average Bonchev–Trinajstić information content (AvgIpc) is 2.34. The van der Waals surface area contributed by atoms with Gasteiger partial charge in [0.05, 0.1) is 21.9 Å². The maximum absolute atomic E-state index is 6.04. The van der Waals surface area contributed by atoms with Gasteiger partial charge in [0.25, 0.3) is 0 Å². The van der Waals surface area contributed by atoms with Crippen LogP contribution in [0.15, 0.2) is 37.4 Å². The molecule has 92 valence electrons. The van der Waals surface area contributed by atoms with E-state index < -0.39 is 0 Å². The number of halogens is 1. The van der Waals surface area contributed by atoms with Crippen LogP contribution >= 0.6 is 11.6 Å². The van der Waals surface area contributed by atoms with Crippen LogP contribution < -0.4 is 5.73 Å². The number of aromatic nitrogens is 2. The number of rotatable bonds is 4. The number of anilines is 1. The van der Waals surface area contributed by atoms with Gasteiger partial charge < -0.3 is 5.73 Å². The summed E-state index contributed by atoms with van der Waals surface area (Å²) in [6, 6.07) is 3.61. The highest BCUT2D eigenvalue weighted by Gasteiger charge is 2.11. The van der Waals surface area contributed by atoms with E-state index in [1.807, 2.05) is 6.07 Å². The van der Waals surface area contributed by atoms with Gasteiger partial charge in [0, 0.05) is 18.2 Å². The second kappa shape index (κ2) is 5.19. The zero-order valence-corrected chi connectivity index (χ0v) is 10.7. The molecule has 0 unspecified atom stereocenters. The molecule has 2 N–H and O–H groups in total. The topological polar surface area (TPSA) is 51.8 Å². The first kappa shape index (κ1) is 12.6. The van der Waals surface area contributed by atoms with Crippen molar-refractivity contribution in [2.24, 2.45) is 0 Å². The smallest absolute Gasteiger partial charge is 0.133 e. The zero-order valence-electron chi connectivity index (χ0n) is 9.99. The van der Waals surface area contributed by atoms with E-state index in [4.69, 9.17) is 17.3 Å². The molecule has 0 atom stereocenters. The van der Waals surface area contributed by atoms with Crippen LogP contribution in [0.4, 0.5) is 5.69 Å². The Morgan fingerprint density at radius 3 is 2.56 bits per heavy atom. The molecule has 0 aliphatic carbocycles. The Morgan fingerprint density at radius 2 is 1.89 bits per heavy atom.